The first-order valence-corrected chi connectivity index (χ1v) is 8.85. The molecule has 0 bridgehead atoms. The molecule has 0 atom stereocenters. The number of amides is 1. The van der Waals surface area contributed by atoms with Crippen molar-refractivity contribution in [3.05, 3.63) is 40.9 Å². The molecule has 0 unspecified atom stereocenters. The lowest BCUT2D eigenvalue weighted by Gasteiger charge is -2.19. The van der Waals surface area contributed by atoms with Gasteiger partial charge in [0.25, 0.3) is 0 Å². The summed E-state index contributed by atoms with van der Waals surface area (Å²) in [4.78, 5) is 27.8. The lowest BCUT2D eigenvalue weighted by atomic mass is 10.1. The van der Waals surface area contributed by atoms with E-state index in [-0.39, 0.29) is 0 Å². The molecule has 0 saturated heterocycles. The Kier molecular flexibility index (Phi) is 6.14. The van der Waals surface area contributed by atoms with Crippen LogP contribution in [0.3, 0.4) is 0 Å². The number of alkyl carbamates (subject to hydrolysis) is 1. The Morgan fingerprint density at radius 3 is 2.72 bits per heavy atom. The van der Waals surface area contributed by atoms with Crippen LogP contribution in [-0.4, -0.2) is 29.3 Å². The molecule has 0 aliphatic carbocycles. The zero-order valence-electron chi connectivity index (χ0n) is 14.8. The average molecular weight is 362 g/mol. The van der Waals surface area contributed by atoms with Gasteiger partial charge in [-0.25, -0.2) is 14.6 Å². The van der Waals surface area contributed by atoms with Crippen LogP contribution >= 0.6 is 11.3 Å². The third-order valence-electron chi connectivity index (χ3n) is 3.00. The smallest absolute Gasteiger partial charge is 0.407 e. The van der Waals surface area contributed by atoms with Gasteiger partial charge >= 0.3 is 12.1 Å². The van der Waals surface area contributed by atoms with Crippen molar-refractivity contribution in [1.82, 2.24) is 10.3 Å². The number of esters is 1. The standard InChI is InChI=1S/C18H22N2O4S/c1-5-23-16(21)14-11-25-15(20-14)13-8-6-7-12(9-13)10-19-17(22)24-18(2,3)4/h6-9,11H,5,10H2,1-4H3,(H,19,22). The van der Waals surface area contributed by atoms with Gasteiger partial charge in [0.2, 0.25) is 0 Å². The lowest BCUT2D eigenvalue weighted by molar-refractivity contribution is 0.0511. The number of carbonyl (C=O) groups excluding carboxylic acids is 2. The number of nitrogens with one attached hydrogen (secondary N) is 1. The second-order valence-electron chi connectivity index (χ2n) is 6.31. The van der Waals surface area contributed by atoms with Crippen LogP contribution in [0, 0.1) is 0 Å². The van der Waals surface area contributed by atoms with Gasteiger partial charge < -0.3 is 14.8 Å². The number of carbonyl (C=O) groups is 2. The molecule has 134 valence electrons. The van der Waals surface area contributed by atoms with Crippen LogP contribution < -0.4 is 5.32 Å². The molecule has 0 spiro atoms. The van der Waals surface area contributed by atoms with E-state index in [0.717, 1.165) is 16.1 Å². The van der Waals surface area contributed by atoms with Crippen molar-refractivity contribution < 1.29 is 19.1 Å². The lowest BCUT2D eigenvalue weighted by Crippen LogP contribution is -2.32. The molecule has 1 aromatic carbocycles. The first-order chi connectivity index (χ1) is 11.8. The maximum Gasteiger partial charge on any atom is 0.407 e. The van der Waals surface area contributed by atoms with Crippen LogP contribution in [0.2, 0.25) is 0 Å². The van der Waals surface area contributed by atoms with Crippen molar-refractivity contribution >= 4 is 23.4 Å². The number of nitrogens with zero attached hydrogens (tertiary/aromatic N) is 1. The minimum atomic E-state index is -0.531. The van der Waals surface area contributed by atoms with Gasteiger partial charge in [0, 0.05) is 17.5 Å². The Balaban J connectivity index is 2.04. The number of ether oxygens (including phenoxy) is 2. The molecule has 1 heterocycles. The third kappa shape index (κ3) is 5.86. The van der Waals surface area contributed by atoms with Crippen LogP contribution in [0.15, 0.2) is 29.6 Å². The first kappa shape index (κ1) is 18.9. The highest BCUT2D eigenvalue weighted by Gasteiger charge is 2.16. The zero-order chi connectivity index (χ0) is 18.4. The number of benzene rings is 1. The fourth-order valence-corrected chi connectivity index (χ4v) is 2.79. The second kappa shape index (κ2) is 8.11. The van der Waals surface area contributed by atoms with E-state index in [9.17, 15) is 9.59 Å². The summed E-state index contributed by atoms with van der Waals surface area (Å²) in [7, 11) is 0. The fourth-order valence-electron chi connectivity index (χ4n) is 2.01. The Morgan fingerprint density at radius 1 is 1.28 bits per heavy atom. The normalized spacial score (nSPS) is 11.0. The maximum absolute atomic E-state index is 11.7. The highest BCUT2D eigenvalue weighted by atomic mass is 32.1. The quantitative estimate of drug-likeness (QED) is 0.813. The van der Waals surface area contributed by atoms with E-state index >= 15 is 0 Å². The first-order valence-electron chi connectivity index (χ1n) is 7.97. The van der Waals surface area contributed by atoms with Crippen molar-refractivity contribution in [3.63, 3.8) is 0 Å². The molecule has 0 fully saturated rings. The summed E-state index contributed by atoms with van der Waals surface area (Å²) in [5, 5.41) is 5.13. The van der Waals surface area contributed by atoms with Crippen molar-refractivity contribution in [2.75, 3.05) is 6.61 Å². The monoisotopic (exact) mass is 362 g/mol. The van der Waals surface area contributed by atoms with Gasteiger partial charge in [-0.05, 0) is 39.3 Å². The second-order valence-corrected chi connectivity index (χ2v) is 7.17. The molecule has 1 aromatic heterocycles. The van der Waals surface area contributed by atoms with Crippen molar-refractivity contribution in [2.45, 2.75) is 39.8 Å². The Labute approximate surface area is 151 Å². The Morgan fingerprint density at radius 2 is 2.04 bits per heavy atom. The number of aromatic nitrogens is 1. The summed E-state index contributed by atoms with van der Waals surface area (Å²) in [5.74, 6) is -0.423. The summed E-state index contributed by atoms with van der Waals surface area (Å²) in [6, 6.07) is 7.61. The van der Waals surface area contributed by atoms with Crippen LogP contribution in [0.1, 0.15) is 43.7 Å². The van der Waals surface area contributed by atoms with Gasteiger partial charge in [0.1, 0.15) is 10.6 Å². The summed E-state index contributed by atoms with van der Waals surface area (Å²) in [5.41, 5.74) is 1.57. The zero-order valence-corrected chi connectivity index (χ0v) is 15.6. The predicted molar refractivity (Wildman–Crippen MR) is 96.6 cm³/mol. The number of thiazole rings is 1. The molecule has 2 rings (SSSR count). The molecular formula is C18H22N2O4S. The van der Waals surface area contributed by atoms with Gasteiger partial charge in [0.05, 0.1) is 6.61 Å². The molecule has 6 nitrogen and oxygen atoms in total. The van der Waals surface area contributed by atoms with E-state index in [2.05, 4.69) is 10.3 Å². The predicted octanol–water partition coefficient (Wildman–Crippen LogP) is 4.01. The highest BCUT2D eigenvalue weighted by Crippen LogP contribution is 2.25. The van der Waals surface area contributed by atoms with Crippen LogP contribution in [0.25, 0.3) is 10.6 Å². The Bertz CT molecular complexity index is 750. The van der Waals surface area contributed by atoms with E-state index in [0.29, 0.717) is 18.8 Å². The minimum absolute atomic E-state index is 0.305. The molecule has 0 aliphatic heterocycles. The number of hydrogen-bond donors (Lipinski definition) is 1. The van der Waals surface area contributed by atoms with Gasteiger partial charge in [-0.2, -0.15) is 0 Å². The summed E-state index contributed by atoms with van der Waals surface area (Å²) in [6.07, 6.45) is -0.461. The van der Waals surface area contributed by atoms with E-state index in [4.69, 9.17) is 9.47 Å². The van der Waals surface area contributed by atoms with Gasteiger partial charge in [0.15, 0.2) is 5.69 Å². The molecule has 0 aliphatic rings. The molecule has 0 saturated carbocycles. The molecule has 1 amide bonds. The van der Waals surface area contributed by atoms with Crippen LogP contribution in [0.5, 0.6) is 0 Å². The number of rotatable bonds is 5. The van der Waals surface area contributed by atoms with Crippen molar-refractivity contribution in [3.8, 4) is 10.6 Å². The van der Waals surface area contributed by atoms with E-state index in [1.807, 2.05) is 45.0 Å². The molecule has 7 heteroatoms. The molecule has 25 heavy (non-hydrogen) atoms. The minimum Gasteiger partial charge on any atom is -0.461 e. The topological polar surface area (TPSA) is 77.5 Å². The van der Waals surface area contributed by atoms with Gasteiger partial charge in [-0.1, -0.05) is 18.2 Å². The van der Waals surface area contributed by atoms with Crippen molar-refractivity contribution in [1.29, 1.82) is 0 Å². The van der Waals surface area contributed by atoms with E-state index in [1.54, 1.807) is 12.3 Å². The van der Waals surface area contributed by atoms with E-state index in [1.165, 1.54) is 11.3 Å². The average Bonchev–Trinajstić information content (AvgIpc) is 3.02. The molecule has 1 N–H and O–H groups in total. The number of hydrogen-bond acceptors (Lipinski definition) is 6. The molecule has 0 radical (unpaired) electrons. The summed E-state index contributed by atoms with van der Waals surface area (Å²) < 4.78 is 10.2. The van der Waals surface area contributed by atoms with E-state index < -0.39 is 17.7 Å². The van der Waals surface area contributed by atoms with Crippen molar-refractivity contribution in [2.24, 2.45) is 0 Å². The third-order valence-corrected chi connectivity index (χ3v) is 3.89. The molecule has 2 aromatic rings. The van der Waals surface area contributed by atoms with Crippen LogP contribution in [0.4, 0.5) is 4.79 Å². The largest absolute Gasteiger partial charge is 0.461 e. The SMILES string of the molecule is CCOC(=O)c1csc(-c2cccc(CNC(=O)OC(C)(C)C)c2)n1. The van der Waals surface area contributed by atoms with Gasteiger partial charge in [-0.15, -0.1) is 11.3 Å². The summed E-state index contributed by atoms with van der Waals surface area (Å²) >= 11 is 1.37. The maximum atomic E-state index is 11.7. The fraction of sp³-hybridized carbons (Fsp3) is 0.389. The van der Waals surface area contributed by atoms with Gasteiger partial charge in [-0.3, -0.25) is 0 Å². The van der Waals surface area contributed by atoms with Crippen LogP contribution in [-0.2, 0) is 16.0 Å². The Hall–Kier alpha value is -2.41. The summed E-state index contributed by atoms with van der Waals surface area (Å²) in [6.45, 7) is 7.87. The molecular weight excluding hydrogens is 340 g/mol. The highest BCUT2D eigenvalue weighted by molar-refractivity contribution is 7.13.